The molecule has 0 amide bonds. The molecule has 1 heterocycles. The standard InChI is InChI=1S/C6H6F3N2O/c1-11-5(2-3-10-11)12-4-6(7,8)9/h2H,4H2,1H3. The van der Waals surface area contributed by atoms with Crippen LogP contribution in [0.4, 0.5) is 13.2 Å². The Hall–Kier alpha value is -1.20. The third-order valence-corrected chi connectivity index (χ3v) is 1.10. The summed E-state index contributed by atoms with van der Waals surface area (Å²) in [5.74, 6) is 0.0484. The Bertz CT molecular complexity index is 256. The molecule has 0 aliphatic carbocycles. The first kappa shape index (κ1) is 8.89. The van der Waals surface area contributed by atoms with Crippen LogP contribution in [-0.2, 0) is 7.05 Å². The van der Waals surface area contributed by atoms with Crippen molar-refractivity contribution in [3.8, 4) is 5.88 Å². The highest BCUT2D eigenvalue weighted by Crippen LogP contribution is 2.16. The van der Waals surface area contributed by atoms with Gasteiger partial charge in [-0.05, 0) is 0 Å². The summed E-state index contributed by atoms with van der Waals surface area (Å²) in [5.41, 5.74) is 0. The van der Waals surface area contributed by atoms with E-state index < -0.39 is 12.8 Å². The lowest BCUT2D eigenvalue weighted by Crippen LogP contribution is -2.20. The van der Waals surface area contributed by atoms with E-state index in [1.165, 1.54) is 17.8 Å². The van der Waals surface area contributed by atoms with Crippen molar-refractivity contribution in [2.24, 2.45) is 7.05 Å². The Labute approximate surface area is 66.7 Å². The molecule has 1 radical (unpaired) electrons. The molecule has 0 aliphatic rings. The monoisotopic (exact) mass is 179 g/mol. The number of hydrogen-bond acceptors (Lipinski definition) is 2. The first-order valence-corrected chi connectivity index (χ1v) is 3.09. The molecule has 0 aliphatic heterocycles. The number of nitrogens with zero attached hydrogens (tertiary/aromatic N) is 2. The van der Waals surface area contributed by atoms with Crippen LogP contribution in [0.15, 0.2) is 6.07 Å². The van der Waals surface area contributed by atoms with E-state index in [1.807, 2.05) is 0 Å². The Morgan fingerprint density at radius 3 is 2.75 bits per heavy atom. The maximum atomic E-state index is 11.6. The predicted octanol–water partition coefficient (Wildman–Crippen LogP) is 1.16. The van der Waals surface area contributed by atoms with Crippen LogP contribution in [-0.4, -0.2) is 22.6 Å². The summed E-state index contributed by atoms with van der Waals surface area (Å²) < 4.78 is 40.4. The van der Waals surface area contributed by atoms with E-state index in [2.05, 4.69) is 16.0 Å². The van der Waals surface area contributed by atoms with Gasteiger partial charge in [0.1, 0.15) is 6.20 Å². The highest BCUT2D eigenvalue weighted by atomic mass is 19.4. The molecule has 1 rings (SSSR count). The average Bonchev–Trinajstić information content (AvgIpc) is 2.29. The lowest BCUT2D eigenvalue weighted by atomic mass is 10.6. The Morgan fingerprint density at radius 1 is 1.67 bits per heavy atom. The largest absolute Gasteiger partial charge is 0.468 e. The van der Waals surface area contributed by atoms with Crippen LogP contribution in [0.3, 0.4) is 0 Å². The summed E-state index contributed by atoms with van der Waals surface area (Å²) in [6, 6.07) is 1.24. The summed E-state index contributed by atoms with van der Waals surface area (Å²) in [4.78, 5) is 0. The molecule has 3 nitrogen and oxygen atoms in total. The normalized spacial score (nSPS) is 11.7. The van der Waals surface area contributed by atoms with Crippen molar-refractivity contribution < 1.29 is 17.9 Å². The second-order valence-corrected chi connectivity index (χ2v) is 2.14. The van der Waals surface area contributed by atoms with Gasteiger partial charge in [-0.1, -0.05) is 0 Å². The highest BCUT2D eigenvalue weighted by molar-refractivity contribution is 5.05. The van der Waals surface area contributed by atoms with E-state index in [9.17, 15) is 13.2 Å². The Balaban J connectivity index is 2.49. The highest BCUT2D eigenvalue weighted by Gasteiger charge is 2.28. The molecule has 6 heteroatoms. The smallest absolute Gasteiger partial charge is 0.422 e. The summed E-state index contributed by atoms with van der Waals surface area (Å²) in [6.07, 6.45) is -1.96. The zero-order chi connectivity index (χ0) is 9.19. The molecule has 0 aromatic carbocycles. The molecular weight excluding hydrogens is 173 g/mol. The van der Waals surface area contributed by atoms with Gasteiger partial charge in [0.25, 0.3) is 0 Å². The van der Waals surface area contributed by atoms with E-state index in [1.54, 1.807) is 0 Å². The maximum Gasteiger partial charge on any atom is 0.422 e. The van der Waals surface area contributed by atoms with Crippen molar-refractivity contribution in [1.29, 1.82) is 0 Å². The Kier molecular flexibility index (Phi) is 2.25. The van der Waals surface area contributed by atoms with Gasteiger partial charge in [-0.2, -0.15) is 18.3 Å². The van der Waals surface area contributed by atoms with E-state index >= 15 is 0 Å². The molecule has 0 atom stereocenters. The van der Waals surface area contributed by atoms with Gasteiger partial charge in [0.2, 0.25) is 5.88 Å². The minimum Gasteiger partial charge on any atom is -0.468 e. The van der Waals surface area contributed by atoms with Crippen molar-refractivity contribution >= 4 is 0 Å². The van der Waals surface area contributed by atoms with Crippen molar-refractivity contribution in [3.05, 3.63) is 12.3 Å². The molecular formula is C6H6F3N2O. The molecule has 0 spiro atoms. The number of rotatable bonds is 2. The van der Waals surface area contributed by atoms with Crippen LogP contribution in [0.1, 0.15) is 0 Å². The van der Waals surface area contributed by atoms with Crippen molar-refractivity contribution in [1.82, 2.24) is 9.78 Å². The van der Waals surface area contributed by atoms with Crippen LogP contribution < -0.4 is 4.74 Å². The predicted molar refractivity (Wildman–Crippen MR) is 33.6 cm³/mol. The van der Waals surface area contributed by atoms with Gasteiger partial charge in [-0.3, -0.25) is 0 Å². The summed E-state index contributed by atoms with van der Waals surface area (Å²) in [5, 5.41) is 3.52. The van der Waals surface area contributed by atoms with E-state index in [0.29, 0.717) is 0 Å². The average molecular weight is 179 g/mol. The van der Waals surface area contributed by atoms with Gasteiger partial charge in [0, 0.05) is 13.1 Å². The Morgan fingerprint density at radius 2 is 2.33 bits per heavy atom. The van der Waals surface area contributed by atoms with E-state index in [-0.39, 0.29) is 5.88 Å². The van der Waals surface area contributed by atoms with Crippen LogP contribution in [0, 0.1) is 6.20 Å². The van der Waals surface area contributed by atoms with Gasteiger partial charge >= 0.3 is 6.18 Å². The molecule has 1 aromatic heterocycles. The number of alkyl halides is 3. The molecule has 0 unspecified atom stereocenters. The topological polar surface area (TPSA) is 27.1 Å². The first-order chi connectivity index (χ1) is 5.49. The zero-order valence-electron chi connectivity index (χ0n) is 6.22. The lowest BCUT2D eigenvalue weighted by Gasteiger charge is -2.07. The zero-order valence-corrected chi connectivity index (χ0v) is 6.22. The molecule has 12 heavy (non-hydrogen) atoms. The summed E-state index contributed by atoms with van der Waals surface area (Å²) >= 11 is 0. The number of ether oxygens (including phenoxy) is 1. The number of halogens is 3. The second kappa shape index (κ2) is 3.04. The number of aromatic nitrogens is 2. The quantitative estimate of drug-likeness (QED) is 0.681. The third kappa shape index (κ3) is 2.44. The fourth-order valence-corrected chi connectivity index (χ4v) is 0.604. The van der Waals surface area contributed by atoms with Gasteiger partial charge < -0.3 is 4.74 Å². The molecule has 0 bridgehead atoms. The van der Waals surface area contributed by atoms with Crippen molar-refractivity contribution in [2.45, 2.75) is 6.18 Å². The molecule has 0 saturated carbocycles. The molecule has 1 aromatic rings. The molecule has 67 valence electrons. The van der Waals surface area contributed by atoms with Gasteiger partial charge in [-0.25, -0.2) is 4.68 Å². The van der Waals surface area contributed by atoms with Gasteiger partial charge in [0.15, 0.2) is 6.61 Å². The maximum absolute atomic E-state index is 11.6. The summed E-state index contributed by atoms with van der Waals surface area (Å²) in [6.45, 7) is -1.31. The molecule has 0 N–H and O–H groups in total. The van der Waals surface area contributed by atoms with Crippen LogP contribution in [0.5, 0.6) is 5.88 Å². The fraction of sp³-hybridized carbons (Fsp3) is 0.500. The van der Waals surface area contributed by atoms with E-state index in [0.717, 1.165) is 0 Å². The molecule has 0 fully saturated rings. The van der Waals surface area contributed by atoms with Gasteiger partial charge in [0.05, 0.1) is 0 Å². The first-order valence-electron chi connectivity index (χ1n) is 3.09. The van der Waals surface area contributed by atoms with E-state index in [4.69, 9.17) is 0 Å². The van der Waals surface area contributed by atoms with Crippen LogP contribution >= 0.6 is 0 Å². The van der Waals surface area contributed by atoms with Crippen molar-refractivity contribution in [2.75, 3.05) is 6.61 Å². The third-order valence-electron chi connectivity index (χ3n) is 1.10. The van der Waals surface area contributed by atoms with Gasteiger partial charge in [-0.15, -0.1) is 0 Å². The SMILES string of the molecule is Cn1n[c]cc1OCC(F)(F)F. The fourth-order valence-electron chi connectivity index (χ4n) is 0.604. The van der Waals surface area contributed by atoms with Crippen molar-refractivity contribution in [3.63, 3.8) is 0 Å². The summed E-state index contributed by atoms with van der Waals surface area (Å²) in [7, 11) is 1.47. The lowest BCUT2D eigenvalue weighted by molar-refractivity contribution is -0.154. The van der Waals surface area contributed by atoms with Crippen LogP contribution in [0.2, 0.25) is 0 Å². The minimum absolute atomic E-state index is 0.0484. The number of hydrogen-bond donors (Lipinski definition) is 0. The number of aryl methyl sites for hydroxylation is 1. The second-order valence-electron chi connectivity index (χ2n) is 2.14. The molecule has 0 saturated heterocycles. The minimum atomic E-state index is -4.32. The van der Waals surface area contributed by atoms with Crippen LogP contribution in [0.25, 0.3) is 0 Å².